The molecule has 0 fully saturated rings. The van der Waals surface area contributed by atoms with Crippen LogP contribution in [0.1, 0.15) is 11.1 Å². The highest BCUT2D eigenvalue weighted by molar-refractivity contribution is 9.10. The van der Waals surface area contributed by atoms with Crippen LogP contribution in [-0.2, 0) is 0 Å². The molecule has 0 heterocycles. The maximum Gasteiger partial charge on any atom is 0.164 e. The van der Waals surface area contributed by atoms with Crippen LogP contribution in [-0.4, -0.2) is 14.2 Å². The molecule has 0 amide bonds. The Bertz CT molecular complexity index is 648. The van der Waals surface area contributed by atoms with E-state index in [1.165, 1.54) is 0 Å². The van der Waals surface area contributed by atoms with Gasteiger partial charge >= 0.3 is 0 Å². The first-order valence-electron chi connectivity index (χ1n) is 6.42. The van der Waals surface area contributed by atoms with E-state index in [1.807, 2.05) is 26.0 Å². The molecule has 0 bridgehead atoms. The minimum atomic E-state index is 0.492. The van der Waals surface area contributed by atoms with Crippen LogP contribution in [0, 0.1) is 13.8 Å². The first kappa shape index (κ1) is 15.5. The molecule has 112 valence electrons. The smallest absolute Gasteiger partial charge is 0.164 e. The molecule has 0 aliphatic carbocycles. The molecule has 0 spiro atoms. The van der Waals surface area contributed by atoms with E-state index in [-0.39, 0.29) is 0 Å². The minimum absolute atomic E-state index is 0.492. The first-order valence-corrected chi connectivity index (χ1v) is 7.21. The van der Waals surface area contributed by atoms with Crippen LogP contribution in [0.4, 0.5) is 5.69 Å². The van der Waals surface area contributed by atoms with Crippen molar-refractivity contribution in [3.63, 3.8) is 0 Å². The second kappa shape index (κ2) is 6.26. The summed E-state index contributed by atoms with van der Waals surface area (Å²) in [5.41, 5.74) is 8.70. The molecule has 0 aromatic heterocycles. The fourth-order valence-corrected chi connectivity index (χ4v) is 2.29. The van der Waals surface area contributed by atoms with Crippen molar-refractivity contribution in [3.8, 4) is 23.0 Å². The standard InChI is InChI=1S/C16H18BrNO3/c1-9-5-11(6-10(2)16(9)17)21-13-8-15(20-4)14(19-3)7-12(13)18/h5-8H,18H2,1-4H3. The molecule has 21 heavy (non-hydrogen) atoms. The SMILES string of the molecule is COc1cc(N)c(Oc2cc(C)c(Br)c(C)c2)cc1OC. The Morgan fingerprint density at radius 3 is 1.90 bits per heavy atom. The Balaban J connectivity index is 2.40. The lowest BCUT2D eigenvalue weighted by molar-refractivity contribution is 0.352. The van der Waals surface area contributed by atoms with E-state index in [1.54, 1.807) is 26.4 Å². The average Bonchev–Trinajstić information content (AvgIpc) is 2.46. The van der Waals surface area contributed by atoms with E-state index in [2.05, 4.69) is 15.9 Å². The van der Waals surface area contributed by atoms with Crippen LogP contribution in [0.3, 0.4) is 0 Å². The largest absolute Gasteiger partial charge is 0.493 e. The number of benzene rings is 2. The predicted octanol–water partition coefficient (Wildman–Crippen LogP) is 4.46. The van der Waals surface area contributed by atoms with Gasteiger partial charge in [-0.1, -0.05) is 15.9 Å². The summed E-state index contributed by atoms with van der Waals surface area (Å²) < 4.78 is 17.4. The van der Waals surface area contributed by atoms with Crippen LogP contribution < -0.4 is 19.9 Å². The van der Waals surface area contributed by atoms with Crippen molar-refractivity contribution in [1.82, 2.24) is 0 Å². The van der Waals surface area contributed by atoms with Gasteiger partial charge in [0.1, 0.15) is 5.75 Å². The third kappa shape index (κ3) is 3.24. The Hall–Kier alpha value is -1.88. The summed E-state index contributed by atoms with van der Waals surface area (Å²) in [4.78, 5) is 0. The molecule has 4 nitrogen and oxygen atoms in total. The summed E-state index contributed by atoms with van der Waals surface area (Å²) in [6.45, 7) is 4.03. The van der Waals surface area contributed by atoms with Crippen LogP contribution in [0.25, 0.3) is 0 Å². The molecule has 0 unspecified atom stereocenters. The van der Waals surface area contributed by atoms with E-state index in [0.717, 1.165) is 21.3 Å². The van der Waals surface area contributed by atoms with Gasteiger partial charge in [-0.3, -0.25) is 0 Å². The number of rotatable bonds is 4. The number of nitrogen functional groups attached to an aromatic ring is 1. The first-order chi connectivity index (χ1) is 9.96. The van der Waals surface area contributed by atoms with Gasteiger partial charge in [-0.2, -0.15) is 0 Å². The van der Waals surface area contributed by atoms with Gasteiger partial charge in [-0.25, -0.2) is 0 Å². The zero-order valence-electron chi connectivity index (χ0n) is 12.5. The minimum Gasteiger partial charge on any atom is -0.493 e. The summed E-state index contributed by atoms with van der Waals surface area (Å²) in [7, 11) is 3.14. The number of nitrogens with two attached hydrogens (primary N) is 1. The predicted molar refractivity (Wildman–Crippen MR) is 87.6 cm³/mol. The number of aryl methyl sites for hydroxylation is 2. The number of methoxy groups -OCH3 is 2. The van der Waals surface area contributed by atoms with Gasteiger partial charge in [0.15, 0.2) is 17.2 Å². The Kier molecular flexibility index (Phi) is 4.63. The maximum atomic E-state index is 6.00. The lowest BCUT2D eigenvalue weighted by atomic mass is 10.1. The topological polar surface area (TPSA) is 53.7 Å². The van der Waals surface area contributed by atoms with Crippen LogP contribution in [0.2, 0.25) is 0 Å². The zero-order valence-corrected chi connectivity index (χ0v) is 14.1. The molecule has 0 saturated carbocycles. The fourth-order valence-electron chi connectivity index (χ4n) is 2.06. The van der Waals surface area contributed by atoms with Crippen LogP contribution >= 0.6 is 15.9 Å². The van der Waals surface area contributed by atoms with E-state index in [9.17, 15) is 0 Å². The van der Waals surface area contributed by atoms with Crippen molar-refractivity contribution in [1.29, 1.82) is 0 Å². The van der Waals surface area contributed by atoms with E-state index in [4.69, 9.17) is 19.9 Å². The van der Waals surface area contributed by atoms with Crippen molar-refractivity contribution in [2.24, 2.45) is 0 Å². The highest BCUT2D eigenvalue weighted by Crippen LogP contribution is 2.39. The van der Waals surface area contributed by atoms with E-state index >= 15 is 0 Å². The molecular formula is C16H18BrNO3. The highest BCUT2D eigenvalue weighted by atomic mass is 79.9. The van der Waals surface area contributed by atoms with Gasteiger partial charge in [0, 0.05) is 16.6 Å². The lowest BCUT2D eigenvalue weighted by Gasteiger charge is -2.14. The lowest BCUT2D eigenvalue weighted by Crippen LogP contribution is -1.97. The number of hydrogen-bond acceptors (Lipinski definition) is 4. The second-order valence-electron chi connectivity index (χ2n) is 4.72. The monoisotopic (exact) mass is 351 g/mol. The molecule has 0 radical (unpaired) electrons. The summed E-state index contributed by atoms with van der Waals surface area (Å²) in [5, 5.41) is 0. The molecule has 0 aliphatic heterocycles. The number of anilines is 1. The molecule has 5 heteroatoms. The zero-order chi connectivity index (χ0) is 15.6. The molecule has 0 atom stereocenters. The van der Waals surface area contributed by atoms with Gasteiger partial charge in [0.25, 0.3) is 0 Å². The van der Waals surface area contributed by atoms with Crippen LogP contribution in [0.15, 0.2) is 28.7 Å². The van der Waals surface area contributed by atoms with Gasteiger partial charge in [-0.15, -0.1) is 0 Å². The normalized spacial score (nSPS) is 10.3. The summed E-state index contributed by atoms with van der Waals surface area (Å²) in [6, 6.07) is 7.31. The van der Waals surface area contributed by atoms with E-state index in [0.29, 0.717) is 22.9 Å². The molecule has 2 aromatic rings. The second-order valence-corrected chi connectivity index (χ2v) is 5.51. The van der Waals surface area contributed by atoms with Crippen LogP contribution in [0.5, 0.6) is 23.0 Å². The molecule has 0 saturated heterocycles. The van der Waals surface area contributed by atoms with Crippen molar-refractivity contribution in [3.05, 3.63) is 39.9 Å². The maximum absolute atomic E-state index is 6.00. The summed E-state index contributed by atoms with van der Waals surface area (Å²) >= 11 is 3.54. The van der Waals surface area contributed by atoms with Crippen molar-refractivity contribution in [2.45, 2.75) is 13.8 Å². The Morgan fingerprint density at radius 1 is 0.857 bits per heavy atom. The van der Waals surface area contributed by atoms with Crippen molar-refractivity contribution >= 4 is 21.6 Å². The van der Waals surface area contributed by atoms with Crippen molar-refractivity contribution in [2.75, 3.05) is 20.0 Å². The van der Waals surface area contributed by atoms with Gasteiger partial charge < -0.3 is 19.9 Å². The molecule has 2 N–H and O–H groups in total. The summed E-state index contributed by atoms with van der Waals surface area (Å²) in [6.07, 6.45) is 0. The van der Waals surface area contributed by atoms with E-state index < -0.39 is 0 Å². The molecular weight excluding hydrogens is 334 g/mol. The third-order valence-corrected chi connectivity index (χ3v) is 4.40. The third-order valence-electron chi connectivity index (χ3n) is 3.15. The Morgan fingerprint density at radius 2 is 1.38 bits per heavy atom. The molecule has 2 rings (SSSR count). The highest BCUT2D eigenvalue weighted by Gasteiger charge is 2.12. The number of ether oxygens (including phenoxy) is 3. The number of halogens is 1. The quantitative estimate of drug-likeness (QED) is 0.826. The fraction of sp³-hybridized carbons (Fsp3) is 0.250. The Labute approximate surface area is 132 Å². The van der Waals surface area contributed by atoms with Gasteiger partial charge in [-0.05, 0) is 37.1 Å². The molecule has 0 aliphatic rings. The summed E-state index contributed by atoms with van der Waals surface area (Å²) in [5.74, 6) is 2.42. The molecule has 2 aromatic carbocycles. The average molecular weight is 352 g/mol. The van der Waals surface area contributed by atoms with Gasteiger partial charge in [0.2, 0.25) is 0 Å². The van der Waals surface area contributed by atoms with Crippen molar-refractivity contribution < 1.29 is 14.2 Å². The van der Waals surface area contributed by atoms with Gasteiger partial charge in [0.05, 0.1) is 19.9 Å². The number of hydrogen-bond donors (Lipinski definition) is 1.